The maximum atomic E-state index is 13.5. The first-order valence-corrected chi connectivity index (χ1v) is 6.88. The summed E-state index contributed by atoms with van der Waals surface area (Å²) in [5.41, 5.74) is 2.53. The lowest BCUT2D eigenvalue weighted by Gasteiger charge is -2.30. The summed E-state index contributed by atoms with van der Waals surface area (Å²) in [5, 5.41) is 0.997. The van der Waals surface area contributed by atoms with Crippen LogP contribution in [0.2, 0.25) is 0 Å². The lowest BCUT2D eigenvalue weighted by Crippen LogP contribution is -2.43. The highest BCUT2D eigenvalue weighted by Gasteiger charge is 2.51. The monoisotopic (exact) mass is 300 g/mol. The molecule has 1 saturated heterocycles. The SMILES string of the molecule is CCc1cccc(C(N2CC(C)(C)C(=O)N2)C(F)(F)F)c1. The number of hydrazine groups is 1. The Morgan fingerprint density at radius 3 is 2.52 bits per heavy atom. The second-order valence-corrected chi connectivity index (χ2v) is 6.00. The second kappa shape index (κ2) is 5.33. The first-order valence-electron chi connectivity index (χ1n) is 6.88. The lowest BCUT2D eigenvalue weighted by atomic mass is 9.93. The first-order chi connectivity index (χ1) is 9.65. The average Bonchev–Trinajstić information content (AvgIpc) is 2.62. The Morgan fingerprint density at radius 2 is 2.05 bits per heavy atom. The molecule has 1 atom stereocenters. The fraction of sp³-hybridized carbons (Fsp3) is 0.533. The summed E-state index contributed by atoms with van der Waals surface area (Å²) in [7, 11) is 0. The summed E-state index contributed by atoms with van der Waals surface area (Å²) < 4.78 is 40.4. The Kier molecular flexibility index (Phi) is 4.02. The molecular formula is C15H19F3N2O. The smallest absolute Gasteiger partial charge is 0.287 e. The van der Waals surface area contributed by atoms with Gasteiger partial charge in [-0.2, -0.15) is 13.2 Å². The van der Waals surface area contributed by atoms with Crippen molar-refractivity contribution in [3.8, 4) is 0 Å². The van der Waals surface area contributed by atoms with Crippen molar-refractivity contribution in [2.45, 2.75) is 39.4 Å². The standard InChI is InChI=1S/C15H19F3N2O/c1-4-10-6-5-7-11(8-10)12(15(16,17)18)20-9-14(2,3)13(21)19-20/h5-8,12H,4,9H2,1-3H3,(H,19,21). The van der Waals surface area contributed by atoms with Crippen molar-refractivity contribution >= 4 is 5.91 Å². The van der Waals surface area contributed by atoms with E-state index in [0.29, 0.717) is 6.42 Å². The minimum absolute atomic E-state index is 0.0202. The molecule has 1 unspecified atom stereocenters. The summed E-state index contributed by atoms with van der Waals surface area (Å²) in [6.45, 7) is 5.19. The summed E-state index contributed by atoms with van der Waals surface area (Å²) in [6.07, 6.45) is -3.80. The maximum absolute atomic E-state index is 13.5. The van der Waals surface area contributed by atoms with E-state index in [1.807, 2.05) is 6.92 Å². The van der Waals surface area contributed by atoms with Crippen LogP contribution in [-0.4, -0.2) is 23.6 Å². The van der Waals surface area contributed by atoms with Crippen molar-refractivity contribution in [2.24, 2.45) is 5.41 Å². The van der Waals surface area contributed by atoms with E-state index in [1.54, 1.807) is 32.0 Å². The van der Waals surface area contributed by atoms with Crippen molar-refractivity contribution in [1.82, 2.24) is 10.4 Å². The summed E-state index contributed by atoms with van der Waals surface area (Å²) >= 11 is 0. The number of nitrogens with zero attached hydrogens (tertiary/aromatic N) is 1. The van der Waals surface area contributed by atoms with Gasteiger partial charge in [-0.15, -0.1) is 0 Å². The number of rotatable bonds is 3. The number of hydrogen-bond acceptors (Lipinski definition) is 2. The van der Waals surface area contributed by atoms with Gasteiger partial charge in [-0.3, -0.25) is 10.2 Å². The van der Waals surface area contributed by atoms with Gasteiger partial charge in [0.15, 0.2) is 0 Å². The van der Waals surface area contributed by atoms with E-state index in [2.05, 4.69) is 5.43 Å². The van der Waals surface area contributed by atoms with Gasteiger partial charge in [0.05, 0.1) is 5.41 Å². The third-order valence-corrected chi connectivity index (χ3v) is 3.72. The quantitative estimate of drug-likeness (QED) is 0.929. The minimum Gasteiger partial charge on any atom is -0.287 e. The molecule has 1 aromatic rings. The topological polar surface area (TPSA) is 32.3 Å². The van der Waals surface area contributed by atoms with Gasteiger partial charge in [0, 0.05) is 6.54 Å². The number of amides is 1. The highest BCUT2D eigenvalue weighted by Crippen LogP contribution is 2.40. The van der Waals surface area contributed by atoms with E-state index >= 15 is 0 Å². The predicted molar refractivity (Wildman–Crippen MR) is 73.2 cm³/mol. The van der Waals surface area contributed by atoms with E-state index in [9.17, 15) is 18.0 Å². The molecular weight excluding hydrogens is 281 g/mol. The molecule has 0 spiro atoms. The van der Waals surface area contributed by atoms with Crippen molar-refractivity contribution in [2.75, 3.05) is 6.54 Å². The fourth-order valence-corrected chi connectivity index (χ4v) is 2.50. The molecule has 1 amide bonds. The van der Waals surface area contributed by atoms with Gasteiger partial charge in [0.2, 0.25) is 5.91 Å². The highest BCUT2D eigenvalue weighted by atomic mass is 19.4. The number of benzene rings is 1. The molecule has 21 heavy (non-hydrogen) atoms. The Balaban J connectivity index is 2.38. The van der Waals surface area contributed by atoms with Gasteiger partial charge in [-0.05, 0) is 31.4 Å². The van der Waals surface area contributed by atoms with Crippen LogP contribution in [0.15, 0.2) is 24.3 Å². The molecule has 1 aromatic carbocycles. The highest BCUT2D eigenvalue weighted by molar-refractivity contribution is 5.83. The van der Waals surface area contributed by atoms with Crippen molar-refractivity contribution < 1.29 is 18.0 Å². The summed E-state index contributed by atoms with van der Waals surface area (Å²) in [5.74, 6) is -0.386. The molecule has 1 heterocycles. The number of alkyl halides is 3. The molecule has 0 aromatic heterocycles. The van der Waals surface area contributed by atoms with Crippen molar-refractivity contribution in [3.05, 3.63) is 35.4 Å². The van der Waals surface area contributed by atoms with Crippen LogP contribution in [0.25, 0.3) is 0 Å². The van der Waals surface area contributed by atoms with Crippen LogP contribution in [0.5, 0.6) is 0 Å². The third kappa shape index (κ3) is 3.20. The molecule has 0 bridgehead atoms. The van der Waals surface area contributed by atoms with Gasteiger partial charge in [0.25, 0.3) is 0 Å². The van der Waals surface area contributed by atoms with E-state index in [1.165, 1.54) is 6.07 Å². The van der Waals surface area contributed by atoms with E-state index in [0.717, 1.165) is 10.6 Å². The van der Waals surface area contributed by atoms with Crippen LogP contribution in [0.3, 0.4) is 0 Å². The fourth-order valence-electron chi connectivity index (χ4n) is 2.50. The van der Waals surface area contributed by atoms with E-state index < -0.39 is 17.6 Å². The molecule has 0 aliphatic carbocycles. The Hall–Kier alpha value is -1.56. The Morgan fingerprint density at radius 1 is 1.38 bits per heavy atom. The van der Waals surface area contributed by atoms with Crippen LogP contribution in [0.1, 0.15) is 37.9 Å². The zero-order chi connectivity index (χ0) is 15.8. The molecule has 1 aliphatic heterocycles. The first kappa shape index (κ1) is 15.8. The van der Waals surface area contributed by atoms with Crippen molar-refractivity contribution in [3.63, 3.8) is 0 Å². The molecule has 3 nitrogen and oxygen atoms in total. The number of hydrogen-bond donors (Lipinski definition) is 1. The predicted octanol–water partition coefficient (Wildman–Crippen LogP) is 3.23. The number of aryl methyl sites for hydroxylation is 1. The second-order valence-electron chi connectivity index (χ2n) is 6.00. The molecule has 6 heteroatoms. The molecule has 1 fully saturated rings. The number of carbonyl (C=O) groups excluding carboxylic acids is 1. The molecule has 0 radical (unpaired) electrons. The molecule has 2 rings (SSSR count). The third-order valence-electron chi connectivity index (χ3n) is 3.72. The zero-order valence-electron chi connectivity index (χ0n) is 12.3. The molecule has 0 saturated carbocycles. The van der Waals surface area contributed by atoms with E-state index in [-0.39, 0.29) is 18.0 Å². The number of nitrogens with one attached hydrogen (secondary N) is 1. The Bertz CT molecular complexity index is 540. The van der Waals surface area contributed by atoms with Gasteiger partial charge in [0.1, 0.15) is 6.04 Å². The molecule has 1 N–H and O–H groups in total. The zero-order valence-corrected chi connectivity index (χ0v) is 12.3. The maximum Gasteiger partial charge on any atom is 0.409 e. The summed E-state index contributed by atoms with van der Waals surface area (Å²) in [4.78, 5) is 11.8. The minimum atomic E-state index is -4.46. The number of carbonyl (C=O) groups is 1. The van der Waals surface area contributed by atoms with Gasteiger partial charge >= 0.3 is 6.18 Å². The van der Waals surface area contributed by atoms with E-state index in [4.69, 9.17) is 0 Å². The van der Waals surface area contributed by atoms with Gasteiger partial charge in [-0.25, -0.2) is 5.01 Å². The van der Waals surface area contributed by atoms with Crippen LogP contribution in [0, 0.1) is 5.41 Å². The summed E-state index contributed by atoms with van der Waals surface area (Å²) in [6, 6.07) is 4.60. The average molecular weight is 300 g/mol. The Labute approximate surface area is 122 Å². The van der Waals surface area contributed by atoms with Crippen LogP contribution < -0.4 is 5.43 Å². The van der Waals surface area contributed by atoms with Gasteiger partial charge in [-0.1, -0.05) is 31.2 Å². The molecule has 1 aliphatic rings. The number of halogens is 3. The van der Waals surface area contributed by atoms with Crippen molar-refractivity contribution in [1.29, 1.82) is 0 Å². The van der Waals surface area contributed by atoms with Crippen LogP contribution >= 0.6 is 0 Å². The largest absolute Gasteiger partial charge is 0.409 e. The van der Waals surface area contributed by atoms with Gasteiger partial charge < -0.3 is 0 Å². The molecule has 116 valence electrons. The normalized spacial score (nSPS) is 20.4. The van der Waals surface area contributed by atoms with Crippen LogP contribution in [-0.2, 0) is 11.2 Å². The lowest BCUT2D eigenvalue weighted by molar-refractivity contribution is -0.191. The van der Waals surface area contributed by atoms with Crippen LogP contribution in [0.4, 0.5) is 13.2 Å².